The van der Waals surface area contributed by atoms with Gasteiger partial charge < -0.3 is 9.30 Å². The van der Waals surface area contributed by atoms with Gasteiger partial charge in [0.1, 0.15) is 5.82 Å². The molecule has 0 N–H and O–H groups in total. The predicted octanol–water partition coefficient (Wildman–Crippen LogP) is 14.1. The second-order valence-electron chi connectivity index (χ2n) is 22.2. The van der Waals surface area contributed by atoms with Crippen LogP contribution in [-0.2, 0) is 50.1 Å². The van der Waals surface area contributed by atoms with Gasteiger partial charge in [-0.3, -0.25) is 14.1 Å². The first-order valence-corrected chi connectivity index (χ1v) is 22.1. The third-order valence-electron chi connectivity index (χ3n) is 11.2. The predicted molar refractivity (Wildman–Crippen MR) is 260 cm³/mol. The fourth-order valence-electron chi connectivity index (χ4n) is 8.02. The van der Waals surface area contributed by atoms with Crippen molar-refractivity contribution in [3.63, 3.8) is 0 Å². The van der Waals surface area contributed by atoms with Crippen LogP contribution in [0, 0.1) is 29.3 Å². The van der Waals surface area contributed by atoms with Crippen LogP contribution in [0.25, 0.3) is 50.2 Å². The van der Waals surface area contributed by atoms with Crippen molar-refractivity contribution in [2.45, 2.75) is 133 Å². The van der Waals surface area contributed by atoms with Crippen molar-refractivity contribution in [1.29, 1.82) is 0 Å². The Hall–Kier alpha value is -5.06. The maximum Gasteiger partial charge on any atom is 0.269 e. The third kappa shape index (κ3) is 9.93. The molecule has 0 aliphatic heterocycles. The van der Waals surface area contributed by atoms with Crippen molar-refractivity contribution in [3.8, 4) is 28.8 Å². The Kier molecular flexibility index (Phi) is 10.9. The van der Waals surface area contributed by atoms with E-state index in [-0.39, 0.29) is 37.3 Å². The first-order valence-electron chi connectivity index (χ1n) is 24.1. The van der Waals surface area contributed by atoms with E-state index in [4.69, 9.17) is 14.7 Å². The summed E-state index contributed by atoms with van der Waals surface area (Å²) in [7, 11) is 0. The minimum absolute atomic E-state index is 0. The molecule has 0 fully saturated rings. The number of ether oxygens (including phenoxy) is 1. The van der Waals surface area contributed by atoms with E-state index in [9.17, 15) is 5.48 Å². The molecule has 0 radical (unpaired) electrons. The van der Waals surface area contributed by atoms with Gasteiger partial charge in [-0.25, -0.2) is 4.98 Å². The monoisotopic (exact) mass is 1030 g/mol. The standard InChI is InChI=1S/C57H65N5O.Pt/c1-53(2,3)34-37-26-38(35-54(4,5)6)28-42(27-37)60-36-61(50-30-40(56(10,11)12)17-21-47(50)60)51-33-44(23-25-58-51)63-43-18-20-46-45-19-16-39(55(7,8)9)29-48(45)62(49(46)32-43)52-31-41(22-24-59-52)57(13,14)15;/h16-31H,34-35H2,1-15H3;/q-2;/i34D2,35D2;. The van der Waals surface area contributed by atoms with Gasteiger partial charge in [-0.2, -0.15) is 18.2 Å². The van der Waals surface area contributed by atoms with E-state index in [1.54, 1.807) is 18.3 Å². The average molecular weight is 1040 g/mol. The molecule has 64 heavy (non-hydrogen) atoms. The van der Waals surface area contributed by atoms with Gasteiger partial charge in [0.05, 0.1) is 22.5 Å². The zero-order valence-corrected chi connectivity index (χ0v) is 42.5. The topological polar surface area (TPSA) is 48.8 Å². The molecule has 0 unspecified atom stereocenters. The fraction of sp³-hybridized carbons (Fsp3) is 0.386. The van der Waals surface area contributed by atoms with E-state index in [2.05, 4.69) is 134 Å². The van der Waals surface area contributed by atoms with Crippen LogP contribution < -0.4 is 9.30 Å². The zero-order valence-electron chi connectivity index (χ0n) is 44.2. The van der Waals surface area contributed by atoms with Crippen molar-refractivity contribution < 1.29 is 35.9 Å². The van der Waals surface area contributed by atoms with Gasteiger partial charge >= 0.3 is 0 Å². The maximum atomic E-state index is 9.32. The molecule has 8 rings (SSSR count). The molecule has 0 saturated carbocycles. The number of imidazole rings is 1. The Bertz CT molecular complexity index is 3160. The van der Waals surface area contributed by atoms with E-state index in [1.165, 1.54) is 11.1 Å². The van der Waals surface area contributed by atoms with Gasteiger partial charge in [-0.05, 0) is 104 Å². The van der Waals surface area contributed by atoms with Crippen LogP contribution in [0.1, 0.15) is 137 Å². The Morgan fingerprint density at radius 1 is 0.578 bits per heavy atom. The van der Waals surface area contributed by atoms with E-state index >= 15 is 0 Å². The first-order chi connectivity index (χ1) is 30.9. The zero-order chi connectivity index (χ0) is 49.0. The third-order valence-corrected chi connectivity index (χ3v) is 11.2. The molecule has 0 saturated heterocycles. The van der Waals surface area contributed by atoms with Gasteiger partial charge in [-0.15, -0.1) is 17.5 Å². The van der Waals surface area contributed by atoms with Crippen LogP contribution in [0.4, 0.5) is 0 Å². The summed E-state index contributed by atoms with van der Waals surface area (Å²) < 4.78 is 49.9. The molecule has 0 amide bonds. The first kappa shape index (κ1) is 41.6. The van der Waals surface area contributed by atoms with Crippen molar-refractivity contribution in [2.24, 2.45) is 10.8 Å². The van der Waals surface area contributed by atoms with Crippen molar-refractivity contribution >= 4 is 32.8 Å². The van der Waals surface area contributed by atoms with E-state index < -0.39 is 23.6 Å². The van der Waals surface area contributed by atoms with Crippen LogP contribution in [0.15, 0.2) is 97.3 Å². The second kappa shape index (κ2) is 16.7. The Morgan fingerprint density at radius 3 is 1.73 bits per heavy atom. The Morgan fingerprint density at radius 2 is 1.12 bits per heavy atom. The van der Waals surface area contributed by atoms with Crippen molar-refractivity contribution in [3.05, 3.63) is 144 Å². The van der Waals surface area contributed by atoms with Crippen LogP contribution in [0.5, 0.6) is 11.5 Å². The molecule has 6 nitrogen and oxygen atoms in total. The van der Waals surface area contributed by atoms with E-state index in [0.29, 0.717) is 34.1 Å². The summed E-state index contributed by atoms with van der Waals surface area (Å²) in [5, 5.41) is 2.14. The largest absolute Gasteiger partial charge is 0.522 e. The van der Waals surface area contributed by atoms with Gasteiger partial charge in [0.25, 0.3) is 6.33 Å². The summed E-state index contributed by atoms with van der Waals surface area (Å²) >= 11 is 0. The summed E-state index contributed by atoms with van der Waals surface area (Å²) in [6.45, 7) is 31.0. The van der Waals surface area contributed by atoms with Crippen LogP contribution in [0.2, 0.25) is 0 Å². The molecule has 0 bridgehead atoms. The average Bonchev–Trinajstić information content (AvgIpc) is 3.77. The molecular formula is C57H65N5OPt-2. The van der Waals surface area contributed by atoms with Crippen LogP contribution in [0.3, 0.4) is 0 Å². The molecule has 7 heteroatoms. The number of aromatic nitrogens is 5. The molecule has 4 heterocycles. The molecule has 0 aliphatic carbocycles. The summed E-state index contributed by atoms with van der Waals surface area (Å²) in [6, 6.07) is 35.4. The number of rotatable bonds is 7. The van der Waals surface area contributed by atoms with Crippen molar-refractivity contribution in [1.82, 2.24) is 19.1 Å². The molecule has 8 aromatic rings. The summed E-state index contributed by atoms with van der Waals surface area (Å²) in [4.78, 5) is 9.72. The SMILES string of the molecule is [2H]C([2H])(c1cc(-[n+]2[c-]n(-c3[c-]c(Oc4[c-]c5c(cc4)c4ccc(C(C)(C)C)cc4n5-c4cc(C(C)(C)C)ccn4)ccn3)c3cc(C(C)(C)C)ccc32)cc(C([2H])([2H])C(C)(C)C)c1)C(C)(C)C.[Pt]. The number of benzene rings is 4. The van der Waals surface area contributed by atoms with E-state index in [0.717, 1.165) is 44.2 Å². The van der Waals surface area contributed by atoms with Gasteiger partial charge in [0.2, 0.25) is 0 Å². The number of hydrogen-bond acceptors (Lipinski definition) is 3. The van der Waals surface area contributed by atoms with E-state index in [1.807, 2.05) is 81.1 Å². The number of pyridine rings is 2. The molecule has 0 spiro atoms. The normalized spacial score (nSPS) is 14.3. The van der Waals surface area contributed by atoms with Gasteiger partial charge in [0.15, 0.2) is 0 Å². The van der Waals surface area contributed by atoms with Crippen LogP contribution >= 0.6 is 0 Å². The number of nitrogens with zero attached hydrogens (tertiary/aromatic N) is 5. The van der Waals surface area contributed by atoms with Crippen LogP contribution in [-0.4, -0.2) is 19.1 Å². The maximum absolute atomic E-state index is 9.32. The quantitative estimate of drug-likeness (QED) is 0.118. The summed E-state index contributed by atoms with van der Waals surface area (Å²) in [6.07, 6.45) is 3.54. The Balaban J connectivity index is 0.00000684. The van der Waals surface area contributed by atoms with Crippen molar-refractivity contribution in [2.75, 3.05) is 0 Å². The molecular weight excluding hydrogens is 966 g/mol. The number of fused-ring (bicyclic) bond motifs is 4. The molecule has 0 atom stereocenters. The smallest absolute Gasteiger partial charge is 0.269 e. The summed E-state index contributed by atoms with van der Waals surface area (Å²) in [5.41, 5.74) is 6.51. The Labute approximate surface area is 402 Å². The minimum Gasteiger partial charge on any atom is -0.522 e. The molecule has 4 aromatic carbocycles. The number of hydrogen-bond donors (Lipinski definition) is 0. The molecule has 336 valence electrons. The second-order valence-corrected chi connectivity index (χ2v) is 22.2. The summed E-state index contributed by atoms with van der Waals surface area (Å²) in [5.74, 6) is 2.18. The van der Waals surface area contributed by atoms with Gasteiger partial charge in [-0.1, -0.05) is 157 Å². The molecule has 4 aromatic heterocycles. The molecule has 0 aliphatic rings. The minimum atomic E-state index is -1.79. The fourth-order valence-corrected chi connectivity index (χ4v) is 8.02. The van der Waals surface area contributed by atoms with Gasteiger partial charge in [0, 0.05) is 44.0 Å².